The predicted molar refractivity (Wildman–Crippen MR) is 98.4 cm³/mol. The van der Waals surface area contributed by atoms with E-state index >= 15 is 0 Å². The van der Waals surface area contributed by atoms with Gasteiger partial charge in [0.15, 0.2) is 0 Å². The van der Waals surface area contributed by atoms with Gasteiger partial charge in [-0.05, 0) is 44.0 Å². The molecule has 1 amide bonds. The minimum absolute atomic E-state index is 0.0134. The lowest BCUT2D eigenvalue weighted by Gasteiger charge is -2.20. The van der Waals surface area contributed by atoms with Gasteiger partial charge in [0.25, 0.3) is 0 Å². The number of nitrogens with one attached hydrogen (secondary N) is 1. The molecular weight excluding hydrogens is 318 g/mol. The third kappa shape index (κ3) is 4.94. The predicted octanol–water partition coefficient (Wildman–Crippen LogP) is 4.80. The fourth-order valence-corrected chi connectivity index (χ4v) is 2.26. The Bertz CT molecular complexity index is 818. The molecule has 2 aromatic rings. The van der Waals surface area contributed by atoms with Gasteiger partial charge in [-0.25, -0.2) is 9.59 Å². The summed E-state index contributed by atoms with van der Waals surface area (Å²) in [5.74, 6) is -1.07. The summed E-state index contributed by atoms with van der Waals surface area (Å²) in [6.45, 7) is 8.95. The van der Waals surface area contributed by atoms with E-state index in [0.29, 0.717) is 11.3 Å². The highest BCUT2D eigenvalue weighted by Gasteiger charge is 2.17. The van der Waals surface area contributed by atoms with Crippen LogP contribution in [0.1, 0.15) is 26.3 Å². The number of hydrogen-bond donors (Lipinski definition) is 2. The zero-order valence-corrected chi connectivity index (χ0v) is 14.5. The summed E-state index contributed by atoms with van der Waals surface area (Å²) in [6.07, 6.45) is -0.550. The third-order valence-electron chi connectivity index (χ3n) is 3.34. The van der Waals surface area contributed by atoms with Crippen molar-refractivity contribution in [3.8, 4) is 11.1 Å². The van der Waals surface area contributed by atoms with Gasteiger partial charge < -0.3 is 9.84 Å². The Morgan fingerprint density at radius 2 is 1.76 bits per heavy atom. The number of amides is 1. The molecule has 0 fully saturated rings. The van der Waals surface area contributed by atoms with Gasteiger partial charge in [0.1, 0.15) is 5.60 Å². The van der Waals surface area contributed by atoms with Gasteiger partial charge in [-0.15, -0.1) is 0 Å². The fraction of sp³-hybridized carbons (Fsp3) is 0.200. The maximum absolute atomic E-state index is 12.1. The Hall–Kier alpha value is -3.08. The molecule has 0 saturated carbocycles. The average molecular weight is 339 g/mol. The van der Waals surface area contributed by atoms with E-state index in [2.05, 4.69) is 11.9 Å². The molecule has 0 saturated heterocycles. The maximum atomic E-state index is 12.1. The van der Waals surface area contributed by atoms with Crippen molar-refractivity contribution in [3.05, 3.63) is 60.7 Å². The van der Waals surface area contributed by atoms with Crippen molar-refractivity contribution in [1.82, 2.24) is 0 Å². The topological polar surface area (TPSA) is 75.6 Å². The average Bonchev–Trinajstić information content (AvgIpc) is 2.53. The summed E-state index contributed by atoms with van der Waals surface area (Å²) in [5, 5.41) is 11.8. The molecule has 0 spiro atoms. The fourth-order valence-electron chi connectivity index (χ4n) is 2.26. The second-order valence-corrected chi connectivity index (χ2v) is 6.54. The van der Waals surface area contributed by atoms with Gasteiger partial charge in [-0.2, -0.15) is 0 Å². The van der Waals surface area contributed by atoms with Crippen LogP contribution in [-0.2, 0) is 9.53 Å². The Labute approximate surface area is 146 Å². The molecular formula is C20H21NO4. The Morgan fingerprint density at radius 1 is 1.08 bits per heavy atom. The zero-order chi connectivity index (χ0) is 18.6. The smallest absolute Gasteiger partial charge is 0.412 e. The first-order valence-corrected chi connectivity index (χ1v) is 7.79. The van der Waals surface area contributed by atoms with Crippen LogP contribution < -0.4 is 5.32 Å². The highest BCUT2D eigenvalue weighted by atomic mass is 16.6. The normalized spacial score (nSPS) is 10.8. The molecule has 130 valence electrons. The molecule has 0 bridgehead atoms. The number of aliphatic carboxylic acids is 1. The van der Waals surface area contributed by atoms with Crippen LogP contribution in [-0.4, -0.2) is 22.8 Å². The van der Waals surface area contributed by atoms with Crippen molar-refractivity contribution >= 4 is 23.3 Å². The van der Waals surface area contributed by atoms with Crippen LogP contribution in [0.3, 0.4) is 0 Å². The molecule has 0 heterocycles. The summed E-state index contributed by atoms with van der Waals surface area (Å²) in [6, 6.07) is 14.3. The van der Waals surface area contributed by atoms with Crippen LogP contribution in [0.25, 0.3) is 16.7 Å². The summed E-state index contributed by atoms with van der Waals surface area (Å²) in [7, 11) is 0. The molecule has 0 radical (unpaired) electrons. The third-order valence-corrected chi connectivity index (χ3v) is 3.34. The molecule has 5 nitrogen and oxygen atoms in total. The Balaban J connectivity index is 2.35. The molecule has 0 aromatic heterocycles. The van der Waals surface area contributed by atoms with Crippen molar-refractivity contribution in [2.75, 3.05) is 5.32 Å². The Kier molecular flexibility index (Phi) is 5.27. The molecule has 0 atom stereocenters. The molecule has 5 heteroatoms. The van der Waals surface area contributed by atoms with Crippen molar-refractivity contribution in [3.63, 3.8) is 0 Å². The summed E-state index contributed by atoms with van der Waals surface area (Å²) in [4.78, 5) is 23.2. The van der Waals surface area contributed by atoms with Gasteiger partial charge >= 0.3 is 12.1 Å². The van der Waals surface area contributed by atoms with Crippen molar-refractivity contribution < 1.29 is 19.4 Å². The van der Waals surface area contributed by atoms with E-state index < -0.39 is 17.7 Å². The van der Waals surface area contributed by atoms with Crippen molar-refractivity contribution in [2.45, 2.75) is 26.4 Å². The SMILES string of the molecule is C=C(C(=O)O)c1cccc(-c2ccccc2NC(=O)OC(C)(C)C)c1. The van der Waals surface area contributed by atoms with Crippen molar-refractivity contribution in [1.29, 1.82) is 0 Å². The summed E-state index contributed by atoms with van der Waals surface area (Å²) < 4.78 is 5.28. The molecule has 2 N–H and O–H groups in total. The minimum atomic E-state index is -1.07. The van der Waals surface area contributed by atoms with Gasteiger partial charge in [0.2, 0.25) is 0 Å². The van der Waals surface area contributed by atoms with Crippen LogP contribution in [0.4, 0.5) is 10.5 Å². The second kappa shape index (κ2) is 7.21. The largest absolute Gasteiger partial charge is 0.478 e. The molecule has 0 aliphatic carbocycles. The van der Waals surface area contributed by atoms with Gasteiger partial charge in [0, 0.05) is 5.56 Å². The lowest BCUT2D eigenvalue weighted by Crippen LogP contribution is -2.27. The first kappa shape index (κ1) is 18.3. The van der Waals surface area contributed by atoms with Crippen LogP contribution in [0.15, 0.2) is 55.1 Å². The van der Waals surface area contributed by atoms with Gasteiger partial charge in [0.05, 0.1) is 11.3 Å². The number of hydrogen-bond acceptors (Lipinski definition) is 3. The lowest BCUT2D eigenvalue weighted by molar-refractivity contribution is -0.130. The second-order valence-electron chi connectivity index (χ2n) is 6.54. The first-order chi connectivity index (χ1) is 11.7. The number of para-hydroxylation sites is 1. The standard InChI is InChI=1S/C20H21NO4/c1-13(18(22)23)14-8-7-9-15(12-14)16-10-5-6-11-17(16)21-19(24)25-20(2,3)4/h5-12H,1H2,2-4H3,(H,21,24)(H,22,23). The molecule has 0 unspecified atom stereocenters. The minimum Gasteiger partial charge on any atom is -0.478 e. The number of anilines is 1. The molecule has 2 aromatic carbocycles. The van der Waals surface area contributed by atoms with E-state index in [9.17, 15) is 9.59 Å². The van der Waals surface area contributed by atoms with Gasteiger partial charge in [-0.3, -0.25) is 5.32 Å². The quantitative estimate of drug-likeness (QED) is 0.785. The first-order valence-electron chi connectivity index (χ1n) is 7.79. The van der Waals surface area contributed by atoms with Crippen LogP contribution in [0, 0.1) is 0 Å². The number of ether oxygens (including phenoxy) is 1. The van der Waals surface area contributed by atoms with E-state index in [1.807, 2.05) is 18.2 Å². The van der Waals surface area contributed by atoms with Crippen molar-refractivity contribution in [2.24, 2.45) is 0 Å². The molecule has 2 rings (SSSR count). The number of carboxylic acid groups (broad SMARTS) is 1. The zero-order valence-electron chi connectivity index (χ0n) is 14.5. The number of benzene rings is 2. The highest BCUT2D eigenvalue weighted by Crippen LogP contribution is 2.30. The van der Waals surface area contributed by atoms with E-state index in [0.717, 1.165) is 11.1 Å². The van der Waals surface area contributed by atoms with Crippen LogP contribution in [0.2, 0.25) is 0 Å². The number of carbonyl (C=O) groups is 2. The van der Waals surface area contributed by atoms with E-state index in [4.69, 9.17) is 9.84 Å². The maximum Gasteiger partial charge on any atom is 0.412 e. The molecule has 25 heavy (non-hydrogen) atoms. The van der Waals surface area contributed by atoms with E-state index in [-0.39, 0.29) is 5.57 Å². The lowest BCUT2D eigenvalue weighted by atomic mass is 9.98. The molecule has 0 aliphatic heterocycles. The Morgan fingerprint density at radius 3 is 2.40 bits per heavy atom. The van der Waals surface area contributed by atoms with Crippen LogP contribution in [0.5, 0.6) is 0 Å². The highest BCUT2D eigenvalue weighted by molar-refractivity contribution is 6.14. The van der Waals surface area contributed by atoms with E-state index in [1.54, 1.807) is 51.1 Å². The van der Waals surface area contributed by atoms with E-state index in [1.165, 1.54) is 0 Å². The van der Waals surface area contributed by atoms with Crippen LogP contribution >= 0.6 is 0 Å². The number of carbonyl (C=O) groups excluding carboxylic acids is 1. The number of carboxylic acids is 1. The summed E-state index contributed by atoms with van der Waals surface area (Å²) in [5.41, 5.74) is 2.03. The molecule has 0 aliphatic rings. The number of rotatable bonds is 4. The van der Waals surface area contributed by atoms with Gasteiger partial charge in [-0.1, -0.05) is 43.0 Å². The monoisotopic (exact) mass is 339 g/mol. The summed E-state index contributed by atoms with van der Waals surface area (Å²) >= 11 is 0.